The van der Waals surface area contributed by atoms with E-state index in [9.17, 15) is 23.5 Å². The Kier molecular flexibility index (Phi) is 5.08. The summed E-state index contributed by atoms with van der Waals surface area (Å²) in [7, 11) is 0. The van der Waals surface area contributed by atoms with Crippen molar-refractivity contribution in [1.82, 2.24) is 5.32 Å². The molecular weight excluding hydrogens is 348 g/mol. The summed E-state index contributed by atoms with van der Waals surface area (Å²) in [5.74, 6) is -2.51. The molecule has 140 valence electrons. The number of hydrogen-bond donors (Lipinski definition) is 2. The normalized spacial score (nSPS) is 22.5. The quantitative estimate of drug-likeness (QED) is 0.843. The van der Waals surface area contributed by atoms with Gasteiger partial charge in [-0.15, -0.1) is 0 Å². The molecule has 26 heavy (non-hydrogen) atoms. The molecule has 0 spiro atoms. The molecule has 2 atom stereocenters. The van der Waals surface area contributed by atoms with Gasteiger partial charge in [-0.1, -0.05) is 0 Å². The third kappa shape index (κ3) is 3.62. The summed E-state index contributed by atoms with van der Waals surface area (Å²) in [4.78, 5) is 25.4. The standard InChI is InChI=1S/C17H19F2N3O4/c1-10(23)20-8-12-9-22(17(25)26-12)14-3-2-13(15(18)16(14)19)21-6-4-11(24)5-7-21/h2-4,6,11-12,24H,5,7-9H2,1H3,(H,20,23). The number of ether oxygens (including phenoxy) is 1. The first-order chi connectivity index (χ1) is 12.4. The van der Waals surface area contributed by atoms with Gasteiger partial charge in [0.25, 0.3) is 0 Å². The predicted octanol–water partition coefficient (Wildman–Crippen LogP) is 1.51. The number of anilines is 2. The fraction of sp³-hybridized carbons (Fsp3) is 0.412. The number of amides is 2. The zero-order valence-corrected chi connectivity index (χ0v) is 14.1. The minimum absolute atomic E-state index is 0.00459. The van der Waals surface area contributed by atoms with Gasteiger partial charge < -0.3 is 20.1 Å². The molecule has 1 aromatic rings. The topological polar surface area (TPSA) is 82.1 Å². The van der Waals surface area contributed by atoms with E-state index >= 15 is 0 Å². The molecule has 2 unspecified atom stereocenters. The van der Waals surface area contributed by atoms with Crippen LogP contribution >= 0.6 is 0 Å². The summed E-state index contributed by atoms with van der Waals surface area (Å²) in [6, 6.07) is 2.69. The van der Waals surface area contributed by atoms with Crippen molar-refractivity contribution in [3.8, 4) is 0 Å². The molecule has 7 nitrogen and oxygen atoms in total. The zero-order chi connectivity index (χ0) is 18.8. The molecule has 1 saturated heterocycles. The van der Waals surface area contributed by atoms with Gasteiger partial charge in [0.1, 0.15) is 6.10 Å². The summed E-state index contributed by atoms with van der Waals surface area (Å²) >= 11 is 0. The van der Waals surface area contributed by atoms with E-state index in [1.54, 1.807) is 0 Å². The molecular formula is C17H19F2N3O4. The van der Waals surface area contributed by atoms with Crippen molar-refractivity contribution in [2.75, 3.05) is 29.4 Å². The lowest BCUT2D eigenvalue weighted by Gasteiger charge is -2.27. The maximum atomic E-state index is 14.6. The van der Waals surface area contributed by atoms with Crippen LogP contribution in [0.1, 0.15) is 13.3 Å². The van der Waals surface area contributed by atoms with Gasteiger partial charge in [0.15, 0.2) is 11.6 Å². The Morgan fingerprint density at radius 1 is 1.35 bits per heavy atom. The molecule has 1 fully saturated rings. The number of carbonyl (C=O) groups is 2. The number of nitrogens with one attached hydrogen (secondary N) is 1. The average molecular weight is 367 g/mol. The zero-order valence-electron chi connectivity index (χ0n) is 14.1. The molecule has 2 N–H and O–H groups in total. The highest BCUT2D eigenvalue weighted by atomic mass is 19.2. The maximum Gasteiger partial charge on any atom is 0.414 e. The van der Waals surface area contributed by atoms with Crippen molar-refractivity contribution < 1.29 is 28.2 Å². The van der Waals surface area contributed by atoms with E-state index in [0.717, 1.165) is 4.90 Å². The average Bonchev–Trinajstić information content (AvgIpc) is 2.97. The number of aliphatic hydroxyl groups is 1. The summed E-state index contributed by atoms with van der Waals surface area (Å²) < 4.78 is 34.2. The van der Waals surface area contributed by atoms with Crippen molar-refractivity contribution in [1.29, 1.82) is 0 Å². The minimum atomic E-state index is -1.15. The second-order valence-electron chi connectivity index (χ2n) is 6.18. The number of rotatable bonds is 4. The number of carbonyl (C=O) groups excluding carboxylic acids is 2. The number of cyclic esters (lactones) is 1. The Morgan fingerprint density at radius 3 is 2.69 bits per heavy atom. The van der Waals surface area contributed by atoms with E-state index < -0.39 is 29.9 Å². The van der Waals surface area contributed by atoms with E-state index in [2.05, 4.69) is 5.32 Å². The van der Waals surface area contributed by atoms with Crippen LogP contribution in [0.15, 0.2) is 24.4 Å². The summed E-state index contributed by atoms with van der Waals surface area (Å²) in [5.41, 5.74) is -0.195. The predicted molar refractivity (Wildman–Crippen MR) is 89.8 cm³/mol. The van der Waals surface area contributed by atoms with Crippen LogP contribution in [0.2, 0.25) is 0 Å². The molecule has 0 bridgehead atoms. The van der Waals surface area contributed by atoms with Crippen LogP contribution in [-0.2, 0) is 9.53 Å². The second kappa shape index (κ2) is 7.28. The van der Waals surface area contributed by atoms with Gasteiger partial charge in [-0.2, -0.15) is 0 Å². The Balaban J connectivity index is 1.79. The number of aliphatic hydroxyl groups excluding tert-OH is 1. The van der Waals surface area contributed by atoms with Gasteiger partial charge in [-0.3, -0.25) is 9.69 Å². The van der Waals surface area contributed by atoms with E-state index in [0.29, 0.717) is 13.0 Å². The molecule has 2 amide bonds. The van der Waals surface area contributed by atoms with E-state index in [4.69, 9.17) is 4.74 Å². The first-order valence-electron chi connectivity index (χ1n) is 8.20. The van der Waals surface area contributed by atoms with Crippen LogP contribution in [0, 0.1) is 11.6 Å². The molecule has 2 aliphatic heterocycles. The fourth-order valence-corrected chi connectivity index (χ4v) is 2.89. The Bertz CT molecular complexity index is 756. The first kappa shape index (κ1) is 18.1. The van der Waals surface area contributed by atoms with Crippen LogP contribution in [0.3, 0.4) is 0 Å². The van der Waals surface area contributed by atoms with Gasteiger partial charge in [-0.05, 0) is 24.6 Å². The van der Waals surface area contributed by atoms with Gasteiger partial charge >= 0.3 is 6.09 Å². The fourth-order valence-electron chi connectivity index (χ4n) is 2.89. The van der Waals surface area contributed by atoms with Crippen LogP contribution in [0.25, 0.3) is 0 Å². The smallest absolute Gasteiger partial charge is 0.414 e. The lowest BCUT2D eigenvalue weighted by Crippen LogP contribution is -2.33. The molecule has 3 rings (SSSR count). The molecule has 9 heteroatoms. The lowest BCUT2D eigenvalue weighted by atomic mass is 10.1. The molecule has 0 aromatic heterocycles. The lowest BCUT2D eigenvalue weighted by molar-refractivity contribution is -0.119. The molecule has 0 radical (unpaired) electrons. The molecule has 2 aliphatic rings. The van der Waals surface area contributed by atoms with Crippen molar-refractivity contribution in [2.24, 2.45) is 0 Å². The largest absolute Gasteiger partial charge is 0.442 e. The number of benzene rings is 1. The van der Waals surface area contributed by atoms with Gasteiger partial charge in [-0.25, -0.2) is 13.6 Å². The number of halogens is 2. The second-order valence-corrected chi connectivity index (χ2v) is 6.18. The highest BCUT2D eigenvalue weighted by Gasteiger charge is 2.35. The summed E-state index contributed by atoms with van der Waals surface area (Å²) in [5, 5.41) is 12.0. The van der Waals surface area contributed by atoms with E-state index in [-0.39, 0.29) is 30.4 Å². The molecule has 2 heterocycles. The van der Waals surface area contributed by atoms with Crippen LogP contribution in [-0.4, -0.2) is 48.9 Å². The first-order valence-corrected chi connectivity index (χ1v) is 8.20. The van der Waals surface area contributed by atoms with Crippen molar-refractivity contribution in [3.63, 3.8) is 0 Å². The maximum absolute atomic E-state index is 14.6. The SMILES string of the molecule is CC(=O)NCC1CN(c2ccc(N3C=CC(O)CC3)c(F)c2F)C(=O)O1. The highest BCUT2D eigenvalue weighted by Crippen LogP contribution is 2.32. The van der Waals surface area contributed by atoms with E-state index in [1.807, 2.05) is 0 Å². The van der Waals surface area contributed by atoms with Crippen molar-refractivity contribution in [2.45, 2.75) is 25.6 Å². The van der Waals surface area contributed by atoms with Gasteiger partial charge in [0, 0.05) is 19.7 Å². The third-order valence-corrected chi connectivity index (χ3v) is 4.25. The minimum Gasteiger partial charge on any atom is -0.442 e. The monoisotopic (exact) mass is 367 g/mol. The summed E-state index contributed by atoms with van der Waals surface area (Å²) in [6.45, 7) is 1.78. The summed E-state index contributed by atoms with van der Waals surface area (Å²) in [6.07, 6.45) is 1.37. The number of hydrogen-bond acceptors (Lipinski definition) is 5. The molecule has 0 saturated carbocycles. The Labute approximate surface area is 148 Å². The Hall–Kier alpha value is -2.68. The van der Waals surface area contributed by atoms with Crippen molar-refractivity contribution in [3.05, 3.63) is 36.0 Å². The Morgan fingerprint density at radius 2 is 2.04 bits per heavy atom. The third-order valence-electron chi connectivity index (χ3n) is 4.25. The van der Waals surface area contributed by atoms with Crippen molar-refractivity contribution >= 4 is 23.4 Å². The molecule has 1 aromatic carbocycles. The number of nitrogens with zero attached hydrogens (tertiary/aromatic N) is 2. The van der Waals surface area contributed by atoms with Crippen LogP contribution < -0.4 is 15.1 Å². The van der Waals surface area contributed by atoms with Crippen LogP contribution in [0.5, 0.6) is 0 Å². The van der Waals surface area contributed by atoms with Gasteiger partial charge in [0.2, 0.25) is 5.91 Å². The van der Waals surface area contributed by atoms with Crippen LogP contribution in [0.4, 0.5) is 25.0 Å². The van der Waals surface area contributed by atoms with Gasteiger partial charge in [0.05, 0.1) is 30.6 Å². The highest BCUT2D eigenvalue weighted by molar-refractivity contribution is 5.90. The molecule has 0 aliphatic carbocycles. The van der Waals surface area contributed by atoms with E-state index in [1.165, 1.54) is 36.2 Å².